The SMILES string of the molecule is Cl.Cn1cc(C(=O)N2CCCC(C(=O)NCCN)C2)c(-c2ccccc2Cl)n1. The molecule has 1 aromatic heterocycles. The van der Waals surface area contributed by atoms with Gasteiger partial charge in [-0.25, -0.2) is 0 Å². The van der Waals surface area contributed by atoms with Gasteiger partial charge in [0.05, 0.1) is 16.5 Å². The van der Waals surface area contributed by atoms with Crippen LogP contribution in [0.25, 0.3) is 11.3 Å². The highest BCUT2D eigenvalue weighted by Gasteiger charge is 2.31. The molecule has 3 rings (SSSR count). The van der Waals surface area contributed by atoms with Crippen molar-refractivity contribution in [1.82, 2.24) is 20.0 Å². The molecule has 3 N–H and O–H groups in total. The molecule has 0 spiro atoms. The van der Waals surface area contributed by atoms with Gasteiger partial charge in [-0.15, -0.1) is 12.4 Å². The van der Waals surface area contributed by atoms with Crippen molar-refractivity contribution in [2.45, 2.75) is 12.8 Å². The van der Waals surface area contributed by atoms with Crippen LogP contribution >= 0.6 is 24.0 Å². The Hall–Kier alpha value is -2.09. The Morgan fingerprint density at radius 1 is 1.36 bits per heavy atom. The van der Waals surface area contributed by atoms with E-state index in [-0.39, 0.29) is 30.1 Å². The van der Waals surface area contributed by atoms with E-state index < -0.39 is 0 Å². The third-order valence-corrected chi connectivity index (χ3v) is 5.04. The summed E-state index contributed by atoms with van der Waals surface area (Å²) in [7, 11) is 1.77. The maximum absolute atomic E-state index is 13.2. The minimum atomic E-state index is -0.213. The van der Waals surface area contributed by atoms with Gasteiger partial charge in [0.15, 0.2) is 0 Å². The standard InChI is InChI=1S/C19H24ClN5O2.ClH/c1-24-12-15(17(23-24)14-6-2-3-7-16(14)20)19(27)25-10-4-5-13(11-25)18(26)22-9-8-21;/h2-3,6-7,12-13H,4-5,8-11,21H2,1H3,(H,22,26);1H. The Kier molecular flexibility index (Phi) is 7.86. The summed E-state index contributed by atoms with van der Waals surface area (Å²) in [6, 6.07) is 7.33. The van der Waals surface area contributed by atoms with Crippen LogP contribution in [0, 0.1) is 5.92 Å². The second kappa shape index (κ2) is 9.91. The van der Waals surface area contributed by atoms with Gasteiger partial charge < -0.3 is 16.0 Å². The minimum absolute atomic E-state index is 0. The highest BCUT2D eigenvalue weighted by molar-refractivity contribution is 6.33. The number of amides is 2. The van der Waals surface area contributed by atoms with Crippen molar-refractivity contribution in [3.63, 3.8) is 0 Å². The monoisotopic (exact) mass is 425 g/mol. The molecule has 1 aliphatic rings. The predicted molar refractivity (Wildman–Crippen MR) is 112 cm³/mol. The molecule has 0 bridgehead atoms. The average molecular weight is 426 g/mol. The molecule has 1 aromatic carbocycles. The Bertz CT molecular complexity index is 839. The fraction of sp³-hybridized carbons (Fsp3) is 0.421. The number of aromatic nitrogens is 2. The van der Waals surface area contributed by atoms with Crippen LogP contribution in [0.3, 0.4) is 0 Å². The largest absolute Gasteiger partial charge is 0.355 e. The van der Waals surface area contributed by atoms with Gasteiger partial charge >= 0.3 is 0 Å². The van der Waals surface area contributed by atoms with E-state index in [1.165, 1.54) is 0 Å². The molecule has 0 radical (unpaired) electrons. The molecule has 2 aromatic rings. The summed E-state index contributed by atoms with van der Waals surface area (Å²) in [5.74, 6) is -0.389. The molecule has 2 heterocycles. The summed E-state index contributed by atoms with van der Waals surface area (Å²) >= 11 is 6.31. The Morgan fingerprint density at radius 2 is 2.11 bits per heavy atom. The molecule has 152 valence electrons. The number of piperidine rings is 1. The van der Waals surface area contributed by atoms with Crippen molar-refractivity contribution < 1.29 is 9.59 Å². The fourth-order valence-corrected chi connectivity index (χ4v) is 3.61. The molecule has 1 atom stereocenters. The zero-order valence-electron chi connectivity index (χ0n) is 15.7. The second-order valence-corrected chi connectivity index (χ2v) is 7.12. The van der Waals surface area contributed by atoms with Gasteiger partial charge in [0.25, 0.3) is 5.91 Å². The van der Waals surface area contributed by atoms with Crippen molar-refractivity contribution in [2.24, 2.45) is 18.7 Å². The molecular formula is C19H25Cl2N5O2. The van der Waals surface area contributed by atoms with Crippen molar-refractivity contribution in [1.29, 1.82) is 0 Å². The first kappa shape index (κ1) is 22.2. The first-order chi connectivity index (χ1) is 13.0. The smallest absolute Gasteiger partial charge is 0.257 e. The number of carbonyl (C=O) groups excluding carboxylic acids is 2. The maximum Gasteiger partial charge on any atom is 0.257 e. The molecular weight excluding hydrogens is 401 g/mol. The van der Waals surface area contributed by atoms with Crippen LogP contribution in [0.1, 0.15) is 23.2 Å². The number of nitrogens with one attached hydrogen (secondary N) is 1. The normalized spacial score (nSPS) is 16.4. The average Bonchev–Trinajstić information content (AvgIpc) is 3.07. The van der Waals surface area contributed by atoms with Crippen LogP contribution in [0.5, 0.6) is 0 Å². The number of likely N-dealkylation sites (tertiary alicyclic amines) is 1. The lowest BCUT2D eigenvalue weighted by molar-refractivity contribution is -0.126. The molecule has 1 fully saturated rings. The summed E-state index contributed by atoms with van der Waals surface area (Å²) in [4.78, 5) is 27.2. The van der Waals surface area contributed by atoms with Crippen molar-refractivity contribution in [3.8, 4) is 11.3 Å². The van der Waals surface area contributed by atoms with E-state index in [0.717, 1.165) is 18.4 Å². The quantitative estimate of drug-likeness (QED) is 0.766. The van der Waals surface area contributed by atoms with Crippen LogP contribution in [-0.2, 0) is 11.8 Å². The first-order valence-electron chi connectivity index (χ1n) is 9.07. The summed E-state index contributed by atoms with van der Waals surface area (Å²) in [6.07, 6.45) is 3.26. The molecule has 0 aliphatic carbocycles. The molecule has 2 amide bonds. The van der Waals surface area contributed by atoms with E-state index in [0.29, 0.717) is 42.5 Å². The van der Waals surface area contributed by atoms with Crippen LogP contribution in [0.15, 0.2) is 30.5 Å². The number of halogens is 2. The van der Waals surface area contributed by atoms with E-state index in [9.17, 15) is 9.59 Å². The van der Waals surface area contributed by atoms with Crippen molar-refractivity contribution in [2.75, 3.05) is 26.2 Å². The van der Waals surface area contributed by atoms with Crippen LogP contribution in [0.4, 0.5) is 0 Å². The second-order valence-electron chi connectivity index (χ2n) is 6.71. The highest BCUT2D eigenvalue weighted by Crippen LogP contribution is 2.30. The van der Waals surface area contributed by atoms with E-state index in [1.54, 1.807) is 28.9 Å². The van der Waals surface area contributed by atoms with Gasteiger partial charge in [-0.2, -0.15) is 5.10 Å². The third kappa shape index (κ3) is 4.84. The lowest BCUT2D eigenvalue weighted by atomic mass is 9.96. The number of rotatable bonds is 5. The third-order valence-electron chi connectivity index (χ3n) is 4.71. The van der Waals surface area contributed by atoms with E-state index >= 15 is 0 Å². The van der Waals surface area contributed by atoms with Crippen molar-refractivity contribution in [3.05, 3.63) is 41.0 Å². The molecule has 1 saturated heterocycles. The number of aryl methyl sites for hydroxylation is 1. The van der Waals surface area contributed by atoms with Crippen LogP contribution < -0.4 is 11.1 Å². The number of nitrogens with zero attached hydrogens (tertiary/aromatic N) is 3. The molecule has 1 unspecified atom stereocenters. The molecule has 9 heteroatoms. The maximum atomic E-state index is 13.2. The molecule has 7 nitrogen and oxygen atoms in total. The Labute approximate surface area is 175 Å². The minimum Gasteiger partial charge on any atom is -0.355 e. The zero-order valence-corrected chi connectivity index (χ0v) is 17.3. The molecule has 28 heavy (non-hydrogen) atoms. The Balaban J connectivity index is 0.00000280. The van der Waals surface area contributed by atoms with E-state index in [1.807, 2.05) is 18.2 Å². The van der Waals surface area contributed by atoms with Gasteiger partial charge in [0.2, 0.25) is 5.91 Å². The van der Waals surface area contributed by atoms with Crippen LogP contribution in [-0.4, -0.2) is 52.7 Å². The van der Waals surface area contributed by atoms with Gasteiger partial charge in [-0.3, -0.25) is 14.3 Å². The van der Waals surface area contributed by atoms with E-state index in [4.69, 9.17) is 17.3 Å². The number of carbonyl (C=O) groups is 2. The summed E-state index contributed by atoms with van der Waals surface area (Å²) in [5, 5.41) is 7.80. The van der Waals surface area contributed by atoms with Gasteiger partial charge in [0.1, 0.15) is 5.69 Å². The highest BCUT2D eigenvalue weighted by atomic mass is 35.5. The van der Waals surface area contributed by atoms with Crippen LogP contribution in [0.2, 0.25) is 5.02 Å². The summed E-state index contributed by atoms with van der Waals surface area (Å²) < 4.78 is 1.61. The first-order valence-corrected chi connectivity index (χ1v) is 9.44. The topological polar surface area (TPSA) is 93.2 Å². The molecule has 0 saturated carbocycles. The number of hydrogen-bond donors (Lipinski definition) is 2. The van der Waals surface area contributed by atoms with E-state index in [2.05, 4.69) is 10.4 Å². The summed E-state index contributed by atoms with van der Waals surface area (Å²) in [5.41, 5.74) is 7.22. The lowest BCUT2D eigenvalue weighted by Crippen LogP contribution is -2.46. The lowest BCUT2D eigenvalue weighted by Gasteiger charge is -2.32. The summed E-state index contributed by atoms with van der Waals surface area (Å²) in [6.45, 7) is 1.86. The number of benzene rings is 1. The fourth-order valence-electron chi connectivity index (χ4n) is 3.38. The number of nitrogens with two attached hydrogens (primary N) is 1. The number of hydrogen-bond acceptors (Lipinski definition) is 4. The van der Waals surface area contributed by atoms with Gasteiger partial charge in [-0.05, 0) is 18.9 Å². The Morgan fingerprint density at radius 3 is 2.82 bits per heavy atom. The van der Waals surface area contributed by atoms with Gasteiger partial charge in [0, 0.05) is 45.0 Å². The zero-order chi connectivity index (χ0) is 19.4. The molecule has 1 aliphatic heterocycles. The van der Waals surface area contributed by atoms with Crippen molar-refractivity contribution >= 4 is 35.8 Å². The predicted octanol–water partition coefficient (Wildman–Crippen LogP) is 2.09. The van der Waals surface area contributed by atoms with Gasteiger partial charge in [-0.1, -0.05) is 29.8 Å².